The van der Waals surface area contributed by atoms with Crippen molar-refractivity contribution in [3.8, 4) is 0 Å². The first kappa shape index (κ1) is 20.2. The van der Waals surface area contributed by atoms with E-state index in [1.54, 1.807) is 0 Å². The highest BCUT2D eigenvalue weighted by Gasteiger charge is 2.14. The molecule has 1 aliphatic heterocycles. The number of carbonyl (C=O) groups excluding carboxylic acids is 2. The fourth-order valence-corrected chi connectivity index (χ4v) is 4.49. The fourth-order valence-electron chi connectivity index (χ4n) is 4.49. The van der Waals surface area contributed by atoms with E-state index in [1.165, 1.54) is 19.3 Å². The van der Waals surface area contributed by atoms with Gasteiger partial charge in [0.1, 0.15) is 5.82 Å². The molecule has 5 rings (SSSR count). The smallest absolute Gasteiger partial charge is 0.243 e. The van der Waals surface area contributed by atoms with Gasteiger partial charge in [-0.25, -0.2) is 4.98 Å². The molecule has 6 heteroatoms. The number of nitrogens with zero attached hydrogens (tertiary/aromatic N) is 2. The van der Waals surface area contributed by atoms with Crippen molar-refractivity contribution in [2.45, 2.75) is 38.6 Å². The van der Waals surface area contributed by atoms with Gasteiger partial charge in [-0.05, 0) is 47.4 Å². The van der Waals surface area contributed by atoms with E-state index in [-0.39, 0.29) is 24.8 Å². The zero-order chi connectivity index (χ0) is 21.9. The number of nitrogens with one attached hydrogen (secondary N) is 2. The maximum Gasteiger partial charge on any atom is 0.243 e. The lowest BCUT2D eigenvalue weighted by atomic mass is 10.0. The molecule has 0 radical (unpaired) electrons. The molecule has 6 nitrogen and oxygen atoms in total. The SMILES string of the molecule is O=C(Cc1cccc2ccccc12)NCC(=O)Nc1ccc2c(c1)nc1n2CCCCC1. The monoisotopic (exact) mass is 426 g/mol. The van der Waals surface area contributed by atoms with Crippen LogP contribution in [0.1, 0.15) is 30.7 Å². The Hall–Kier alpha value is -3.67. The van der Waals surface area contributed by atoms with Gasteiger partial charge in [0.25, 0.3) is 0 Å². The van der Waals surface area contributed by atoms with Crippen molar-refractivity contribution >= 4 is 39.3 Å². The zero-order valence-electron chi connectivity index (χ0n) is 17.9. The van der Waals surface area contributed by atoms with Crippen LogP contribution in [-0.2, 0) is 29.0 Å². The third-order valence-electron chi connectivity index (χ3n) is 6.07. The summed E-state index contributed by atoms with van der Waals surface area (Å²) < 4.78 is 2.29. The van der Waals surface area contributed by atoms with E-state index in [0.29, 0.717) is 5.69 Å². The number of fused-ring (bicyclic) bond motifs is 4. The Morgan fingerprint density at radius 2 is 1.81 bits per heavy atom. The molecule has 0 bridgehead atoms. The lowest BCUT2D eigenvalue weighted by Crippen LogP contribution is -2.33. The Balaban J connectivity index is 1.20. The molecule has 0 atom stereocenters. The first-order valence-electron chi connectivity index (χ1n) is 11.2. The highest BCUT2D eigenvalue weighted by molar-refractivity contribution is 5.97. The van der Waals surface area contributed by atoms with E-state index in [1.807, 2.05) is 60.7 Å². The molecule has 0 spiro atoms. The van der Waals surface area contributed by atoms with Crippen LogP contribution in [0.2, 0.25) is 0 Å². The predicted molar refractivity (Wildman–Crippen MR) is 127 cm³/mol. The van der Waals surface area contributed by atoms with Gasteiger partial charge in [-0.15, -0.1) is 0 Å². The van der Waals surface area contributed by atoms with E-state index < -0.39 is 0 Å². The summed E-state index contributed by atoms with van der Waals surface area (Å²) in [6, 6.07) is 19.7. The molecule has 0 aliphatic carbocycles. The standard InChI is InChI=1S/C26H26N4O2/c31-25(15-19-9-6-8-18-7-3-4-10-21(18)19)27-17-26(32)28-20-12-13-23-22(16-20)29-24-11-2-1-5-14-30(23)24/h3-4,6-10,12-13,16H,1-2,5,11,14-15,17H2,(H,27,31)(H,28,32). The Labute approximate surface area is 186 Å². The number of benzene rings is 3. The minimum absolute atomic E-state index is 0.0681. The number of aromatic nitrogens is 2. The number of amides is 2. The number of rotatable bonds is 5. The normalized spacial score (nSPS) is 13.5. The number of hydrogen-bond acceptors (Lipinski definition) is 3. The van der Waals surface area contributed by atoms with E-state index in [2.05, 4.69) is 15.2 Å². The van der Waals surface area contributed by atoms with Crippen molar-refractivity contribution in [2.24, 2.45) is 0 Å². The summed E-state index contributed by atoms with van der Waals surface area (Å²) in [4.78, 5) is 29.6. The summed E-state index contributed by atoms with van der Waals surface area (Å²) in [5.41, 5.74) is 3.66. The molecule has 162 valence electrons. The number of aryl methyl sites for hydroxylation is 2. The number of hydrogen-bond donors (Lipinski definition) is 2. The molecule has 32 heavy (non-hydrogen) atoms. The fraction of sp³-hybridized carbons (Fsp3) is 0.269. The Morgan fingerprint density at radius 3 is 2.75 bits per heavy atom. The van der Waals surface area contributed by atoms with E-state index in [0.717, 1.165) is 46.2 Å². The van der Waals surface area contributed by atoms with Crippen LogP contribution < -0.4 is 10.6 Å². The number of carbonyl (C=O) groups is 2. The summed E-state index contributed by atoms with van der Waals surface area (Å²) in [5.74, 6) is 0.697. The van der Waals surface area contributed by atoms with Gasteiger partial charge in [-0.1, -0.05) is 48.9 Å². The maximum atomic E-state index is 12.4. The average Bonchev–Trinajstić information content (AvgIpc) is 2.97. The van der Waals surface area contributed by atoms with Crippen LogP contribution >= 0.6 is 0 Å². The Morgan fingerprint density at radius 1 is 0.938 bits per heavy atom. The highest BCUT2D eigenvalue weighted by atomic mass is 16.2. The van der Waals surface area contributed by atoms with Crippen molar-refractivity contribution in [1.82, 2.24) is 14.9 Å². The van der Waals surface area contributed by atoms with Gasteiger partial charge in [0.15, 0.2) is 0 Å². The lowest BCUT2D eigenvalue weighted by molar-refractivity contribution is -0.123. The first-order chi connectivity index (χ1) is 15.7. The molecule has 4 aromatic rings. The molecular formula is C26H26N4O2. The second kappa shape index (κ2) is 8.83. The summed E-state index contributed by atoms with van der Waals surface area (Å²) in [7, 11) is 0. The van der Waals surface area contributed by atoms with Crippen molar-refractivity contribution in [1.29, 1.82) is 0 Å². The summed E-state index contributed by atoms with van der Waals surface area (Å²) in [6.45, 7) is 0.932. The quantitative estimate of drug-likeness (QED) is 0.502. The highest BCUT2D eigenvalue weighted by Crippen LogP contribution is 2.24. The van der Waals surface area contributed by atoms with Gasteiger partial charge in [-0.2, -0.15) is 0 Å². The van der Waals surface area contributed by atoms with Gasteiger partial charge in [0, 0.05) is 18.7 Å². The first-order valence-corrected chi connectivity index (χ1v) is 11.2. The molecular weight excluding hydrogens is 400 g/mol. The third kappa shape index (κ3) is 4.21. The third-order valence-corrected chi connectivity index (χ3v) is 6.07. The van der Waals surface area contributed by atoms with Crippen LogP contribution in [0.4, 0.5) is 5.69 Å². The van der Waals surface area contributed by atoms with Gasteiger partial charge in [0.05, 0.1) is 24.0 Å². The van der Waals surface area contributed by atoms with Crippen molar-refractivity contribution < 1.29 is 9.59 Å². The van der Waals surface area contributed by atoms with Crippen LogP contribution in [0.25, 0.3) is 21.8 Å². The van der Waals surface area contributed by atoms with Crippen molar-refractivity contribution in [3.63, 3.8) is 0 Å². The molecule has 2 heterocycles. The van der Waals surface area contributed by atoms with Crippen LogP contribution in [-0.4, -0.2) is 27.9 Å². The predicted octanol–water partition coefficient (Wildman–Crippen LogP) is 4.21. The minimum atomic E-state index is -0.253. The topological polar surface area (TPSA) is 76.0 Å². The van der Waals surface area contributed by atoms with Gasteiger partial charge in [-0.3, -0.25) is 9.59 Å². The summed E-state index contributed by atoms with van der Waals surface area (Å²) in [5, 5.41) is 7.76. The molecule has 3 aromatic carbocycles. The number of anilines is 1. The van der Waals surface area contributed by atoms with Crippen LogP contribution in [0, 0.1) is 0 Å². The largest absolute Gasteiger partial charge is 0.347 e. The van der Waals surface area contributed by atoms with Crippen molar-refractivity contribution in [2.75, 3.05) is 11.9 Å². The summed E-state index contributed by atoms with van der Waals surface area (Å²) in [6.07, 6.45) is 4.83. The minimum Gasteiger partial charge on any atom is -0.347 e. The van der Waals surface area contributed by atoms with Crippen LogP contribution in [0.3, 0.4) is 0 Å². The van der Waals surface area contributed by atoms with Gasteiger partial charge >= 0.3 is 0 Å². The van der Waals surface area contributed by atoms with Crippen LogP contribution in [0.15, 0.2) is 60.7 Å². The molecule has 1 aliphatic rings. The van der Waals surface area contributed by atoms with Gasteiger partial charge < -0.3 is 15.2 Å². The molecule has 0 unspecified atom stereocenters. The Kier molecular flexibility index (Phi) is 5.58. The maximum absolute atomic E-state index is 12.4. The molecule has 0 saturated heterocycles. The molecule has 0 fully saturated rings. The zero-order valence-corrected chi connectivity index (χ0v) is 17.9. The number of imidazole rings is 1. The lowest BCUT2D eigenvalue weighted by Gasteiger charge is -2.09. The molecule has 0 saturated carbocycles. The molecule has 2 N–H and O–H groups in total. The van der Waals surface area contributed by atoms with Crippen LogP contribution in [0.5, 0.6) is 0 Å². The molecule has 1 aromatic heterocycles. The average molecular weight is 427 g/mol. The second-order valence-corrected chi connectivity index (χ2v) is 8.33. The summed E-state index contributed by atoms with van der Waals surface area (Å²) >= 11 is 0. The van der Waals surface area contributed by atoms with Gasteiger partial charge in [0.2, 0.25) is 11.8 Å². The molecule has 2 amide bonds. The van der Waals surface area contributed by atoms with E-state index >= 15 is 0 Å². The second-order valence-electron chi connectivity index (χ2n) is 8.33. The van der Waals surface area contributed by atoms with E-state index in [4.69, 9.17) is 4.98 Å². The Bertz CT molecular complexity index is 1300. The van der Waals surface area contributed by atoms with E-state index in [9.17, 15) is 9.59 Å². The van der Waals surface area contributed by atoms with Crippen molar-refractivity contribution in [3.05, 3.63) is 72.1 Å².